The van der Waals surface area contributed by atoms with E-state index in [0.29, 0.717) is 77.6 Å². The number of fused-ring (bicyclic) bond motifs is 2. The van der Waals surface area contributed by atoms with Gasteiger partial charge in [0.1, 0.15) is 5.75 Å². The van der Waals surface area contributed by atoms with Crippen molar-refractivity contribution in [3.63, 3.8) is 0 Å². The van der Waals surface area contributed by atoms with Crippen molar-refractivity contribution in [2.45, 2.75) is 31.7 Å². The topological polar surface area (TPSA) is 100 Å². The second kappa shape index (κ2) is 12.8. The molecule has 0 saturated heterocycles. The van der Waals surface area contributed by atoms with E-state index in [9.17, 15) is 5.11 Å². The Morgan fingerprint density at radius 1 is 0.771 bits per heavy atom. The van der Waals surface area contributed by atoms with E-state index < -0.39 is 0 Å². The third-order valence-corrected chi connectivity index (χ3v) is 9.57. The van der Waals surface area contributed by atoms with Crippen LogP contribution >= 0.6 is 0 Å². The number of hydrogen-bond acceptors (Lipinski definition) is 10. The third-order valence-electron chi connectivity index (χ3n) is 9.57. The van der Waals surface area contributed by atoms with Gasteiger partial charge in [0.05, 0.1) is 35.5 Å². The maximum atomic E-state index is 11.4. The Hall–Kier alpha value is -5.09. The van der Waals surface area contributed by atoms with Crippen LogP contribution < -0.4 is 33.2 Å². The van der Waals surface area contributed by atoms with Crippen LogP contribution in [0, 0.1) is 0 Å². The van der Waals surface area contributed by atoms with Gasteiger partial charge in [-0.25, -0.2) is 0 Å². The van der Waals surface area contributed by atoms with Gasteiger partial charge in [0.15, 0.2) is 34.5 Å². The molecule has 0 spiro atoms. The Labute approximate surface area is 280 Å². The van der Waals surface area contributed by atoms with Gasteiger partial charge >= 0.3 is 0 Å². The molecule has 4 heterocycles. The number of methoxy groups -OCH3 is 5. The van der Waals surface area contributed by atoms with Crippen LogP contribution in [0.25, 0.3) is 0 Å². The second-order valence-electron chi connectivity index (χ2n) is 12.1. The van der Waals surface area contributed by atoms with Crippen LogP contribution in [0.5, 0.6) is 57.5 Å². The van der Waals surface area contributed by atoms with Crippen LogP contribution in [0.3, 0.4) is 0 Å². The number of phenols is 1. The van der Waals surface area contributed by atoms with Gasteiger partial charge in [-0.1, -0.05) is 18.2 Å². The van der Waals surface area contributed by atoms with E-state index in [2.05, 4.69) is 18.0 Å². The fourth-order valence-electron chi connectivity index (χ4n) is 7.14. The summed E-state index contributed by atoms with van der Waals surface area (Å²) in [6.45, 7) is 1.43. The molecule has 4 aliphatic rings. The monoisotopic (exact) mass is 652 g/mol. The molecule has 0 saturated carbocycles. The van der Waals surface area contributed by atoms with Gasteiger partial charge in [-0.15, -0.1) is 0 Å². The van der Waals surface area contributed by atoms with Crippen LogP contribution in [0.2, 0.25) is 0 Å². The number of ether oxygens (including phenoxy) is 7. The quantitative estimate of drug-likeness (QED) is 0.253. The first kappa shape index (κ1) is 31.5. The Morgan fingerprint density at radius 2 is 1.52 bits per heavy atom. The zero-order valence-corrected chi connectivity index (χ0v) is 28.1. The van der Waals surface area contributed by atoms with Crippen molar-refractivity contribution in [2.75, 3.05) is 55.7 Å². The summed E-state index contributed by atoms with van der Waals surface area (Å²) in [7, 11) is 10.1. The first-order valence-corrected chi connectivity index (χ1v) is 16.0. The second-order valence-corrected chi connectivity index (χ2v) is 12.1. The van der Waals surface area contributed by atoms with Crippen molar-refractivity contribution >= 4 is 5.71 Å². The number of aromatic hydroxyl groups is 1. The normalized spacial score (nSPS) is 16.7. The predicted molar refractivity (Wildman–Crippen MR) is 182 cm³/mol. The summed E-state index contributed by atoms with van der Waals surface area (Å²) < 4.78 is 42.9. The number of phenolic OH excluding ortho intramolecular Hbond substituents is 1. The summed E-state index contributed by atoms with van der Waals surface area (Å²) in [4.78, 5) is 7.22. The Bertz CT molecular complexity index is 1900. The van der Waals surface area contributed by atoms with E-state index in [0.717, 1.165) is 52.1 Å². The Balaban J connectivity index is 1.53. The molecular formula is C38H40N2O8. The van der Waals surface area contributed by atoms with Crippen LogP contribution in [-0.4, -0.2) is 71.4 Å². The maximum Gasteiger partial charge on any atom is 0.208 e. The minimum Gasteiger partial charge on any atom is -0.502 e. The van der Waals surface area contributed by atoms with E-state index in [1.54, 1.807) is 34.5 Å². The minimum atomic E-state index is -0.244. The number of nitrogens with zero attached hydrogens (tertiary/aromatic N) is 2. The number of likely N-dealkylation sites (N-methyl/N-ethyl adjacent to an activating group) is 1. The molecule has 0 aromatic heterocycles. The number of aliphatic imine (C=N–C) groups is 1. The van der Waals surface area contributed by atoms with Crippen LogP contribution in [-0.2, 0) is 25.7 Å². The van der Waals surface area contributed by atoms with Gasteiger partial charge in [0.2, 0.25) is 17.2 Å². The third kappa shape index (κ3) is 5.30. The minimum absolute atomic E-state index is 0.0677. The highest BCUT2D eigenvalue weighted by Crippen LogP contribution is 2.56. The van der Waals surface area contributed by atoms with Crippen molar-refractivity contribution in [1.82, 2.24) is 4.90 Å². The van der Waals surface area contributed by atoms with Gasteiger partial charge in [0, 0.05) is 53.5 Å². The van der Waals surface area contributed by atoms with E-state index in [1.807, 2.05) is 36.4 Å². The maximum absolute atomic E-state index is 11.4. The van der Waals surface area contributed by atoms with Gasteiger partial charge in [-0.2, -0.15) is 0 Å². The number of rotatable bonds is 5. The van der Waals surface area contributed by atoms with Crippen molar-refractivity contribution < 1.29 is 38.3 Å². The van der Waals surface area contributed by atoms with Crippen molar-refractivity contribution in [3.8, 4) is 57.5 Å². The first-order chi connectivity index (χ1) is 23.4. The summed E-state index contributed by atoms with van der Waals surface area (Å²) in [5, 5.41) is 11.4. The molecule has 0 fully saturated rings. The molecule has 0 amide bonds. The highest BCUT2D eigenvalue weighted by molar-refractivity contribution is 6.04. The molecule has 1 atom stereocenters. The Morgan fingerprint density at radius 3 is 2.23 bits per heavy atom. The van der Waals surface area contributed by atoms with E-state index in [-0.39, 0.29) is 11.8 Å². The van der Waals surface area contributed by atoms with E-state index in [1.165, 1.54) is 7.11 Å². The number of hydrogen-bond donors (Lipinski definition) is 1. The lowest BCUT2D eigenvalue weighted by molar-refractivity contribution is 0.215. The molecule has 0 unspecified atom stereocenters. The summed E-state index contributed by atoms with van der Waals surface area (Å²) >= 11 is 0. The van der Waals surface area contributed by atoms with Gasteiger partial charge < -0.3 is 38.3 Å². The zero-order chi connectivity index (χ0) is 33.5. The standard InChI is InChI=1S/C38H40N2O8/c1-40-16-14-25-32-28(40)18-23-9-12-29(42-2)33(41)34(23)47-24-10-7-21(8-11-24)17-27-26-20-31(30(43-3)19-22(26)13-15-39-27)48-36(32)38(46-6)37(45-5)35(25)44-4/h7-12,19-20,28,41H,13-18H2,1-6H3/t28-/m0/s1. The molecule has 48 heavy (non-hydrogen) atoms. The molecule has 10 nitrogen and oxygen atoms in total. The highest BCUT2D eigenvalue weighted by Gasteiger charge is 2.38. The summed E-state index contributed by atoms with van der Waals surface area (Å²) in [6.07, 6.45) is 2.57. The fourth-order valence-corrected chi connectivity index (χ4v) is 7.14. The van der Waals surface area contributed by atoms with Crippen LogP contribution in [0.1, 0.15) is 39.4 Å². The fraction of sp³-hybridized carbons (Fsp3) is 0.342. The molecule has 4 aromatic carbocycles. The lowest BCUT2D eigenvalue weighted by Gasteiger charge is -2.38. The molecule has 4 aromatic rings. The summed E-state index contributed by atoms with van der Waals surface area (Å²) in [6, 6.07) is 15.4. The molecule has 0 radical (unpaired) electrons. The SMILES string of the molecule is COc1cc2c3cc1Oc1c(OC)c(OC)c(OC)c4c1[C@H](Cc1ccc(OC)c(O)c1Oc1ccc(cc1)CC3=NCC2)N(C)CC4. The van der Waals surface area contributed by atoms with E-state index in [4.69, 9.17) is 38.2 Å². The molecule has 10 heteroatoms. The van der Waals surface area contributed by atoms with E-state index >= 15 is 0 Å². The average Bonchev–Trinajstić information content (AvgIpc) is 3.10. The molecule has 0 aliphatic carbocycles. The van der Waals surface area contributed by atoms with Gasteiger partial charge in [0.25, 0.3) is 0 Å². The van der Waals surface area contributed by atoms with Gasteiger partial charge in [-0.05, 0) is 67.8 Å². The molecule has 4 bridgehead atoms. The van der Waals surface area contributed by atoms with Crippen molar-refractivity contribution in [1.29, 1.82) is 0 Å². The smallest absolute Gasteiger partial charge is 0.208 e. The predicted octanol–water partition coefficient (Wildman–Crippen LogP) is 6.69. The van der Waals surface area contributed by atoms with Crippen LogP contribution in [0.15, 0.2) is 53.5 Å². The molecule has 1 N–H and O–H groups in total. The molecular weight excluding hydrogens is 612 g/mol. The number of benzene rings is 4. The first-order valence-electron chi connectivity index (χ1n) is 16.0. The molecule has 4 aliphatic heterocycles. The zero-order valence-electron chi connectivity index (χ0n) is 28.1. The summed E-state index contributed by atoms with van der Waals surface area (Å²) in [5.74, 6) is 4.30. The molecule has 8 rings (SSSR count). The largest absolute Gasteiger partial charge is 0.502 e. The highest BCUT2D eigenvalue weighted by atomic mass is 16.6. The van der Waals surface area contributed by atoms with Crippen molar-refractivity contribution in [2.24, 2.45) is 4.99 Å². The Kier molecular flexibility index (Phi) is 8.43. The van der Waals surface area contributed by atoms with Crippen molar-refractivity contribution in [3.05, 3.63) is 81.9 Å². The lowest BCUT2D eigenvalue weighted by Crippen LogP contribution is -2.34. The lowest BCUT2D eigenvalue weighted by atomic mass is 9.86. The average molecular weight is 653 g/mol. The molecule has 250 valence electrons. The summed E-state index contributed by atoms with van der Waals surface area (Å²) in [5.41, 5.74) is 6.85. The van der Waals surface area contributed by atoms with Gasteiger partial charge in [-0.3, -0.25) is 9.89 Å². The van der Waals surface area contributed by atoms with Crippen LogP contribution in [0.4, 0.5) is 0 Å².